The average Bonchev–Trinajstić information content (AvgIpc) is 3.25. The monoisotopic (exact) mass is 332 g/mol. The second-order valence-corrected chi connectivity index (χ2v) is 5.74. The highest BCUT2D eigenvalue weighted by Crippen LogP contribution is 2.28. The van der Waals surface area contributed by atoms with E-state index in [9.17, 15) is 4.79 Å². The lowest BCUT2D eigenvalue weighted by Crippen LogP contribution is -2.19. The topological polar surface area (TPSA) is 77.1 Å². The smallest absolute Gasteiger partial charge is 0.246 e. The maximum atomic E-state index is 12.3. The van der Waals surface area contributed by atoms with Crippen molar-refractivity contribution in [2.75, 3.05) is 5.32 Å². The molecule has 0 aliphatic heterocycles. The first-order chi connectivity index (χ1) is 12.2. The number of anilines is 1. The Morgan fingerprint density at radius 2 is 2.08 bits per heavy atom. The molecule has 0 bridgehead atoms. The van der Waals surface area contributed by atoms with Crippen LogP contribution in [-0.4, -0.2) is 30.1 Å². The standard InChI is InChI=1S/C18H16N6O/c1-13-5-4-8-23-9-16(22-18(13)23)14-6-2-3-7-15(14)21-17(25)10-24-12-19-11-20-24/h2-9,11-12H,10H2,1H3,(H,21,25). The summed E-state index contributed by atoms with van der Waals surface area (Å²) in [5.41, 5.74) is 4.40. The Morgan fingerprint density at radius 3 is 2.88 bits per heavy atom. The lowest BCUT2D eigenvalue weighted by Gasteiger charge is -2.09. The Balaban J connectivity index is 1.66. The van der Waals surface area contributed by atoms with Gasteiger partial charge in [-0.25, -0.2) is 14.6 Å². The second-order valence-electron chi connectivity index (χ2n) is 5.74. The number of fused-ring (bicyclic) bond motifs is 1. The highest BCUT2D eigenvalue weighted by molar-refractivity contribution is 5.95. The molecule has 0 fully saturated rings. The van der Waals surface area contributed by atoms with Crippen LogP contribution in [0.25, 0.3) is 16.9 Å². The van der Waals surface area contributed by atoms with Gasteiger partial charge in [-0.1, -0.05) is 24.3 Å². The van der Waals surface area contributed by atoms with Crippen LogP contribution in [0, 0.1) is 6.92 Å². The molecule has 1 aromatic carbocycles. The number of para-hydroxylation sites is 1. The third-order valence-corrected chi connectivity index (χ3v) is 3.93. The number of hydrogen-bond donors (Lipinski definition) is 1. The van der Waals surface area contributed by atoms with Crippen LogP contribution in [0.2, 0.25) is 0 Å². The van der Waals surface area contributed by atoms with Gasteiger partial charge in [0, 0.05) is 18.0 Å². The van der Waals surface area contributed by atoms with Gasteiger partial charge in [-0.15, -0.1) is 0 Å². The molecule has 0 radical (unpaired) electrons. The van der Waals surface area contributed by atoms with Crippen LogP contribution < -0.4 is 5.32 Å². The number of nitrogens with one attached hydrogen (secondary N) is 1. The quantitative estimate of drug-likeness (QED) is 0.623. The van der Waals surface area contributed by atoms with Crippen molar-refractivity contribution in [3.05, 3.63) is 67.0 Å². The molecule has 0 saturated carbocycles. The zero-order chi connectivity index (χ0) is 17.2. The summed E-state index contributed by atoms with van der Waals surface area (Å²) < 4.78 is 3.46. The molecule has 3 heterocycles. The molecule has 0 atom stereocenters. The van der Waals surface area contributed by atoms with Crippen molar-refractivity contribution >= 4 is 17.2 Å². The van der Waals surface area contributed by atoms with E-state index < -0.39 is 0 Å². The fourth-order valence-electron chi connectivity index (χ4n) is 2.75. The Labute approximate surface area is 144 Å². The van der Waals surface area contributed by atoms with Crippen molar-refractivity contribution in [1.82, 2.24) is 24.1 Å². The van der Waals surface area contributed by atoms with Gasteiger partial charge in [-0.05, 0) is 24.6 Å². The molecule has 1 amide bonds. The van der Waals surface area contributed by atoms with Crippen molar-refractivity contribution in [2.45, 2.75) is 13.5 Å². The summed E-state index contributed by atoms with van der Waals surface area (Å²) in [6.45, 7) is 2.14. The number of hydrogen-bond acceptors (Lipinski definition) is 4. The molecule has 0 unspecified atom stereocenters. The lowest BCUT2D eigenvalue weighted by atomic mass is 10.1. The SMILES string of the molecule is Cc1cccn2cc(-c3ccccc3NC(=O)Cn3cncn3)nc12. The first kappa shape index (κ1) is 15.1. The number of imidazole rings is 1. The van der Waals surface area contributed by atoms with E-state index in [-0.39, 0.29) is 12.5 Å². The molecule has 3 aromatic heterocycles. The Kier molecular flexibility index (Phi) is 3.74. The minimum absolute atomic E-state index is 0.110. The molecule has 7 heteroatoms. The van der Waals surface area contributed by atoms with Crippen LogP contribution in [0.3, 0.4) is 0 Å². The predicted molar refractivity (Wildman–Crippen MR) is 94.0 cm³/mol. The number of benzene rings is 1. The Bertz CT molecular complexity index is 1030. The number of carbonyl (C=O) groups is 1. The van der Waals surface area contributed by atoms with E-state index in [4.69, 9.17) is 4.98 Å². The summed E-state index contributed by atoms with van der Waals surface area (Å²) in [6, 6.07) is 11.6. The van der Waals surface area contributed by atoms with Gasteiger partial charge in [-0.2, -0.15) is 5.10 Å². The third-order valence-electron chi connectivity index (χ3n) is 3.93. The number of amides is 1. The van der Waals surface area contributed by atoms with Crippen molar-refractivity contribution in [3.8, 4) is 11.3 Å². The number of aromatic nitrogens is 5. The molecule has 4 rings (SSSR count). The van der Waals surface area contributed by atoms with Crippen LogP contribution in [0.4, 0.5) is 5.69 Å². The van der Waals surface area contributed by atoms with Crippen molar-refractivity contribution < 1.29 is 4.79 Å². The van der Waals surface area contributed by atoms with Crippen LogP contribution in [0.5, 0.6) is 0 Å². The fraction of sp³-hybridized carbons (Fsp3) is 0.111. The average molecular weight is 332 g/mol. The predicted octanol–water partition coefficient (Wildman–Crippen LogP) is 2.54. The molecule has 7 nitrogen and oxygen atoms in total. The molecule has 1 N–H and O–H groups in total. The van der Waals surface area contributed by atoms with E-state index in [0.29, 0.717) is 5.69 Å². The van der Waals surface area contributed by atoms with Crippen LogP contribution in [0.1, 0.15) is 5.56 Å². The molecule has 0 spiro atoms. The Morgan fingerprint density at radius 1 is 1.20 bits per heavy atom. The zero-order valence-electron chi connectivity index (χ0n) is 13.6. The number of pyridine rings is 1. The summed E-state index contributed by atoms with van der Waals surface area (Å²) in [6.07, 6.45) is 6.84. The van der Waals surface area contributed by atoms with Gasteiger partial charge in [0.2, 0.25) is 5.91 Å². The number of nitrogens with zero attached hydrogens (tertiary/aromatic N) is 5. The summed E-state index contributed by atoms with van der Waals surface area (Å²) >= 11 is 0. The zero-order valence-corrected chi connectivity index (χ0v) is 13.6. The highest BCUT2D eigenvalue weighted by atomic mass is 16.2. The maximum absolute atomic E-state index is 12.3. The van der Waals surface area contributed by atoms with Gasteiger partial charge in [0.25, 0.3) is 0 Å². The number of rotatable bonds is 4. The van der Waals surface area contributed by atoms with Crippen molar-refractivity contribution in [1.29, 1.82) is 0 Å². The number of aryl methyl sites for hydroxylation is 1. The van der Waals surface area contributed by atoms with Gasteiger partial charge >= 0.3 is 0 Å². The molecular formula is C18H16N6O. The number of carbonyl (C=O) groups excluding carboxylic acids is 1. The van der Waals surface area contributed by atoms with E-state index in [1.165, 1.54) is 17.3 Å². The van der Waals surface area contributed by atoms with Gasteiger partial charge in [0.05, 0.1) is 11.4 Å². The second kappa shape index (κ2) is 6.20. The molecule has 0 saturated heterocycles. The van der Waals surface area contributed by atoms with Gasteiger partial charge in [0.1, 0.15) is 24.8 Å². The normalized spacial score (nSPS) is 10.9. The van der Waals surface area contributed by atoms with Crippen LogP contribution in [-0.2, 0) is 11.3 Å². The minimum atomic E-state index is -0.169. The molecule has 124 valence electrons. The molecule has 0 aliphatic carbocycles. The molecular weight excluding hydrogens is 316 g/mol. The van der Waals surface area contributed by atoms with Crippen molar-refractivity contribution in [2.24, 2.45) is 0 Å². The maximum Gasteiger partial charge on any atom is 0.246 e. The third kappa shape index (κ3) is 2.99. The van der Waals surface area contributed by atoms with Gasteiger partial charge in [0.15, 0.2) is 0 Å². The molecule has 0 aliphatic rings. The fourth-order valence-corrected chi connectivity index (χ4v) is 2.75. The molecule has 25 heavy (non-hydrogen) atoms. The first-order valence-corrected chi connectivity index (χ1v) is 7.87. The van der Waals surface area contributed by atoms with E-state index in [0.717, 1.165) is 22.5 Å². The van der Waals surface area contributed by atoms with Crippen molar-refractivity contribution in [3.63, 3.8) is 0 Å². The van der Waals surface area contributed by atoms with Gasteiger partial charge in [-0.3, -0.25) is 4.79 Å². The summed E-state index contributed by atoms with van der Waals surface area (Å²) in [5, 5.41) is 6.88. The van der Waals surface area contributed by atoms with E-state index in [1.807, 2.05) is 60.1 Å². The summed E-state index contributed by atoms with van der Waals surface area (Å²) in [5.74, 6) is -0.169. The van der Waals surface area contributed by atoms with E-state index >= 15 is 0 Å². The summed E-state index contributed by atoms with van der Waals surface area (Å²) in [7, 11) is 0. The van der Waals surface area contributed by atoms with Crippen LogP contribution >= 0.6 is 0 Å². The van der Waals surface area contributed by atoms with Crippen LogP contribution in [0.15, 0.2) is 61.4 Å². The van der Waals surface area contributed by atoms with E-state index in [1.54, 1.807) is 0 Å². The molecule has 4 aromatic rings. The van der Waals surface area contributed by atoms with Gasteiger partial charge < -0.3 is 9.72 Å². The Hall–Kier alpha value is -3.48. The minimum Gasteiger partial charge on any atom is -0.324 e. The summed E-state index contributed by atoms with van der Waals surface area (Å²) in [4.78, 5) is 20.8. The lowest BCUT2D eigenvalue weighted by molar-refractivity contribution is -0.116. The largest absolute Gasteiger partial charge is 0.324 e. The van der Waals surface area contributed by atoms with E-state index in [2.05, 4.69) is 15.4 Å². The highest BCUT2D eigenvalue weighted by Gasteiger charge is 2.12. The first-order valence-electron chi connectivity index (χ1n) is 7.87.